The molecule has 0 spiro atoms. The molecule has 1 aliphatic carbocycles. The second-order valence-corrected chi connectivity index (χ2v) is 3.91. The Morgan fingerprint density at radius 2 is 1.11 bits per heavy atom. The Morgan fingerprint density at radius 1 is 0.778 bits per heavy atom. The van der Waals surface area contributed by atoms with Gasteiger partial charge in [0.05, 0.1) is 0 Å². The molecule has 54 valence electrons. The molecule has 2 unspecified atom stereocenters. The number of hydrogen-bond acceptors (Lipinski definition) is 0. The van der Waals surface area contributed by atoms with E-state index < -0.39 is 0 Å². The van der Waals surface area contributed by atoms with Crippen molar-refractivity contribution in [1.29, 1.82) is 0 Å². The third-order valence-electron chi connectivity index (χ3n) is 3.37. The maximum absolute atomic E-state index is 2.39. The van der Waals surface area contributed by atoms with Gasteiger partial charge in [-0.05, 0) is 30.1 Å². The summed E-state index contributed by atoms with van der Waals surface area (Å²) in [6.45, 7) is 9.53. The summed E-state index contributed by atoms with van der Waals surface area (Å²) in [4.78, 5) is 0. The molecule has 1 saturated carbocycles. The van der Waals surface area contributed by atoms with Crippen LogP contribution in [0.3, 0.4) is 0 Å². The zero-order valence-electron chi connectivity index (χ0n) is 7.02. The second-order valence-electron chi connectivity index (χ2n) is 3.91. The molecule has 4 atom stereocenters. The van der Waals surface area contributed by atoms with Crippen LogP contribution in [0.4, 0.5) is 0 Å². The molecule has 0 aromatic rings. The molecule has 0 bridgehead atoms. The van der Waals surface area contributed by atoms with Crippen LogP contribution in [0.2, 0.25) is 0 Å². The lowest BCUT2D eigenvalue weighted by molar-refractivity contribution is 0.352. The van der Waals surface area contributed by atoms with Crippen LogP contribution in [0, 0.1) is 23.7 Å². The van der Waals surface area contributed by atoms with Gasteiger partial charge in [-0.3, -0.25) is 0 Å². The van der Waals surface area contributed by atoms with Crippen molar-refractivity contribution in [3.05, 3.63) is 0 Å². The van der Waals surface area contributed by atoms with E-state index in [4.69, 9.17) is 0 Å². The van der Waals surface area contributed by atoms with Crippen LogP contribution in [0.1, 0.15) is 34.1 Å². The lowest BCUT2D eigenvalue weighted by Gasteiger charge is -2.14. The Labute approximate surface area is 58.7 Å². The Bertz CT molecular complexity index is 84.2. The normalized spacial score (nSPS) is 52.0. The first-order valence-electron chi connectivity index (χ1n) is 4.13. The highest BCUT2D eigenvalue weighted by Crippen LogP contribution is 2.40. The molecule has 0 radical (unpaired) electrons. The molecule has 0 nitrogen and oxygen atoms in total. The minimum atomic E-state index is 0.958. The predicted octanol–water partition coefficient (Wildman–Crippen LogP) is 2.93. The van der Waals surface area contributed by atoms with Crippen molar-refractivity contribution < 1.29 is 0 Å². The van der Waals surface area contributed by atoms with Crippen molar-refractivity contribution >= 4 is 0 Å². The second kappa shape index (κ2) is 2.32. The molecule has 0 aromatic heterocycles. The highest BCUT2D eigenvalue weighted by Gasteiger charge is 2.31. The van der Waals surface area contributed by atoms with E-state index >= 15 is 0 Å². The Morgan fingerprint density at radius 3 is 1.22 bits per heavy atom. The van der Waals surface area contributed by atoms with E-state index in [1.165, 1.54) is 6.42 Å². The van der Waals surface area contributed by atoms with Crippen molar-refractivity contribution in [3.63, 3.8) is 0 Å². The Balaban J connectivity index is 2.54. The van der Waals surface area contributed by atoms with Gasteiger partial charge in [0.2, 0.25) is 0 Å². The lowest BCUT2D eigenvalue weighted by atomic mass is 9.92. The fourth-order valence-corrected chi connectivity index (χ4v) is 2.05. The highest BCUT2D eigenvalue weighted by molar-refractivity contribution is 4.81. The quantitative estimate of drug-likeness (QED) is 0.468. The maximum Gasteiger partial charge on any atom is -0.0389 e. The van der Waals surface area contributed by atoms with Crippen LogP contribution in [0.25, 0.3) is 0 Å². The van der Waals surface area contributed by atoms with Crippen LogP contribution in [-0.4, -0.2) is 0 Å². The molecule has 0 heterocycles. The maximum atomic E-state index is 2.39. The average molecular weight is 126 g/mol. The molecule has 1 fully saturated rings. The summed E-state index contributed by atoms with van der Waals surface area (Å²) in [5.41, 5.74) is 0. The molecule has 1 rings (SSSR count). The fraction of sp³-hybridized carbons (Fsp3) is 1.00. The van der Waals surface area contributed by atoms with Gasteiger partial charge in [-0.1, -0.05) is 27.7 Å². The Hall–Kier alpha value is 0. The van der Waals surface area contributed by atoms with Gasteiger partial charge in [-0.25, -0.2) is 0 Å². The standard InChI is InChI=1S/C9H18/c1-6-5-7(2)9(4)8(6)3/h6-9H,5H2,1-4H3/t6?,7?,8-,9-/m0/s1. The molecule has 0 saturated heterocycles. The summed E-state index contributed by atoms with van der Waals surface area (Å²) in [6.07, 6.45) is 1.45. The molecular weight excluding hydrogens is 108 g/mol. The zero-order chi connectivity index (χ0) is 7.02. The van der Waals surface area contributed by atoms with E-state index in [0.717, 1.165) is 23.7 Å². The summed E-state index contributed by atoms with van der Waals surface area (Å²) in [7, 11) is 0. The van der Waals surface area contributed by atoms with E-state index in [-0.39, 0.29) is 0 Å². The van der Waals surface area contributed by atoms with Crippen LogP contribution in [-0.2, 0) is 0 Å². The summed E-state index contributed by atoms with van der Waals surface area (Å²) >= 11 is 0. The zero-order valence-corrected chi connectivity index (χ0v) is 7.02. The first-order chi connectivity index (χ1) is 4.13. The minimum absolute atomic E-state index is 0.958. The molecule has 1 aliphatic rings. The third-order valence-corrected chi connectivity index (χ3v) is 3.37. The molecular formula is C9H18. The number of rotatable bonds is 0. The molecule has 0 aliphatic heterocycles. The molecule has 0 aromatic carbocycles. The predicted molar refractivity (Wildman–Crippen MR) is 41.3 cm³/mol. The van der Waals surface area contributed by atoms with Gasteiger partial charge in [0.25, 0.3) is 0 Å². The average Bonchev–Trinajstić information content (AvgIpc) is 1.98. The van der Waals surface area contributed by atoms with Crippen molar-refractivity contribution in [1.82, 2.24) is 0 Å². The van der Waals surface area contributed by atoms with Crippen molar-refractivity contribution in [2.24, 2.45) is 23.7 Å². The van der Waals surface area contributed by atoms with Gasteiger partial charge in [-0.15, -0.1) is 0 Å². The van der Waals surface area contributed by atoms with Gasteiger partial charge >= 0.3 is 0 Å². The topological polar surface area (TPSA) is 0 Å². The lowest BCUT2D eigenvalue weighted by Crippen LogP contribution is -2.07. The van der Waals surface area contributed by atoms with Crippen molar-refractivity contribution in [3.8, 4) is 0 Å². The molecule has 9 heavy (non-hydrogen) atoms. The van der Waals surface area contributed by atoms with Gasteiger partial charge in [0.15, 0.2) is 0 Å². The fourth-order valence-electron chi connectivity index (χ4n) is 2.05. The smallest absolute Gasteiger partial charge is 0.0389 e. The summed E-state index contributed by atoms with van der Waals surface area (Å²) < 4.78 is 0. The van der Waals surface area contributed by atoms with E-state index in [1.807, 2.05) is 0 Å². The van der Waals surface area contributed by atoms with E-state index in [1.54, 1.807) is 0 Å². The van der Waals surface area contributed by atoms with Crippen molar-refractivity contribution in [2.75, 3.05) is 0 Å². The molecule has 0 amide bonds. The van der Waals surface area contributed by atoms with Gasteiger partial charge in [0, 0.05) is 0 Å². The minimum Gasteiger partial charge on any atom is -0.0622 e. The number of hydrogen-bond donors (Lipinski definition) is 0. The summed E-state index contributed by atoms with van der Waals surface area (Å²) in [5, 5.41) is 0. The first-order valence-corrected chi connectivity index (χ1v) is 4.13. The van der Waals surface area contributed by atoms with Crippen LogP contribution < -0.4 is 0 Å². The largest absolute Gasteiger partial charge is 0.0622 e. The molecule has 0 heteroatoms. The SMILES string of the molecule is CC1CC(C)[C@H](C)[C@H]1C. The molecule has 0 N–H and O–H groups in total. The highest BCUT2D eigenvalue weighted by atomic mass is 14.4. The first kappa shape index (κ1) is 7.11. The Kier molecular flexibility index (Phi) is 1.83. The van der Waals surface area contributed by atoms with Gasteiger partial charge in [-0.2, -0.15) is 0 Å². The van der Waals surface area contributed by atoms with Crippen LogP contribution in [0.5, 0.6) is 0 Å². The van der Waals surface area contributed by atoms with Crippen molar-refractivity contribution in [2.45, 2.75) is 34.1 Å². The summed E-state index contributed by atoms with van der Waals surface area (Å²) in [6, 6.07) is 0. The third kappa shape index (κ3) is 1.12. The summed E-state index contributed by atoms with van der Waals surface area (Å²) in [5.74, 6) is 3.85. The van der Waals surface area contributed by atoms with E-state index in [0.29, 0.717) is 0 Å². The van der Waals surface area contributed by atoms with Crippen LogP contribution in [0.15, 0.2) is 0 Å². The van der Waals surface area contributed by atoms with Crippen LogP contribution >= 0.6 is 0 Å². The van der Waals surface area contributed by atoms with E-state index in [9.17, 15) is 0 Å². The van der Waals surface area contributed by atoms with Gasteiger partial charge in [0.1, 0.15) is 0 Å². The van der Waals surface area contributed by atoms with Gasteiger partial charge < -0.3 is 0 Å². The van der Waals surface area contributed by atoms with E-state index in [2.05, 4.69) is 27.7 Å². The monoisotopic (exact) mass is 126 g/mol.